The molecule has 0 saturated heterocycles. The summed E-state index contributed by atoms with van der Waals surface area (Å²) in [5, 5.41) is 13.7. The normalized spacial score (nSPS) is 11.0. The van der Waals surface area contributed by atoms with E-state index >= 15 is 0 Å². The molecule has 1 amide bonds. The van der Waals surface area contributed by atoms with Gasteiger partial charge in [-0.2, -0.15) is 0 Å². The second-order valence-corrected chi connectivity index (χ2v) is 8.81. The third kappa shape index (κ3) is 5.00. The fourth-order valence-corrected chi connectivity index (χ4v) is 4.25. The monoisotopic (exact) mass is 493 g/mol. The maximum Gasteiger partial charge on any atom is 0.255 e. The zero-order chi connectivity index (χ0) is 25.9. The molecule has 1 heterocycles. The van der Waals surface area contributed by atoms with Gasteiger partial charge in [-0.25, -0.2) is 4.39 Å². The predicted octanol–water partition coefficient (Wildman–Crippen LogP) is 7.18. The molecule has 0 aliphatic heterocycles. The molecule has 0 radical (unpaired) electrons. The van der Waals surface area contributed by atoms with Gasteiger partial charge < -0.3 is 14.8 Å². The van der Waals surface area contributed by atoms with Gasteiger partial charge in [-0.3, -0.25) is 9.59 Å². The SMILES string of the molecule is CCCc1ccc(C(=O)Nc2cccc(-c3oc4cc(-c5ccc(F)cc5)ccc4c(=O)c3O)c2)cc1. The predicted molar refractivity (Wildman–Crippen MR) is 143 cm³/mol. The lowest BCUT2D eigenvalue weighted by Gasteiger charge is -2.10. The lowest BCUT2D eigenvalue weighted by Crippen LogP contribution is -2.12. The number of aromatic hydroxyl groups is 1. The van der Waals surface area contributed by atoms with E-state index in [1.165, 1.54) is 17.7 Å². The second-order valence-electron chi connectivity index (χ2n) is 8.81. The molecule has 1 aromatic heterocycles. The number of carbonyl (C=O) groups is 1. The third-order valence-electron chi connectivity index (χ3n) is 6.18. The van der Waals surface area contributed by atoms with Crippen LogP contribution < -0.4 is 10.7 Å². The number of nitrogens with one attached hydrogen (secondary N) is 1. The maximum absolute atomic E-state index is 13.3. The van der Waals surface area contributed by atoms with Crippen LogP contribution >= 0.6 is 0 Å². The molecule has 37 heavy (non-hydrogen) atoms. The van der Waals surface area contributed by atoms with Gasteiger partial charge in [0.2, 0.25) is 11.2 Å². The highest BCUT2D eigenvalue weighted by atomic mass is 19.1. The second kappa shape index (κ2) is 10.1. The minimum atomic E-state index is -0.566. The first-order valence-electron chi connectivity index (χ1n) is 12.0. The van der Waals surface area contributed by atoms with E-state index < -0.39 is 11.2 Å². The molecule has 0 bridgehead atoms. The summed E-state index contributed by atoms with van der Waals surface area (Å²) in [5.41, 5.74) is 3.82. The molecule has 0 aliphatic rings. The molecule has 5 aromatic rings. The quantitative estimate of drug-likeness (QED) is 0.263. The highest BCUT2D eigenvalue weighted by molar-refractivity contribution is 6.04. The summed E-state index contributed by atoms with van der Waals surface area (Å²) in [6, 6.07) is 25.2. The van der Waals surface area contributed by atoms with E-state index in [-0.39, 0.29) is 28.5 Å². The number of carbonyl (C=O) groups excluding carboxylic acids is 1. The van der Waals surface area contributed by atoms with Crippen LogP contribution in [0.3, 0.4) is 0 Å². The van der Waals surface area contributed by atoms with Crippen LogP contribution in [0.15, 0.2) is 100 Å². The maximum atomic E-state index is 13.3. The summed E-state index contributed by atoms with van der Waals surface area (Å²) in [4.78, 5) is 25.7. The number of amides is 1. The Kier molecular flexibility index (Phi) is 6.56. The molecule has 0 aliphatic carbocycles. The Morgan fingerprint density at radius 3 is 2.35 bits per heavy atom. The molecular formula is C31H24FNO4. The smallest absolute Gasteiger partial charge is 0.255 e. The van der Waals surface area contributed by atoms with E-state index in [4.69, 9.17) is 4.42 Å². The van der Waals surface area contributed by atoms with Crippen LogP contribution in [0.1, 0.15) is 29.3 Å². The Bertz CT molecular complexity index is 1650. The molecule has 4 aromatic carbocycles. The van der Waals surface area contributed by atoms with E-state index in [0.717, 1.165) is 24.0 Å². The number of halogens is 1. The van der Waals surface area contributed by atoms with Gasteiger partial charge in [-0.1, -0.05) is 55.8 Å². The Balaban J connectivity index is 1.47. The molecule has 6 heteroatoms. The van der Waals surface area contributed by atoms with Crippen LogP contribution in [0.25, 0.3) is 33.4 Å². The van der Waals surface area contributed by atoms with Crippen LogP contribution in [0, 0.1) is 5.82 Å². The Hall–Kier alpha value is -4.71. The van der Waals surface area contributed by atoms with Gasteiger partial charge in [0.1, 0.15) is 11.4 Å². The third-order valence-corrected chi connectivity index (χ3v) is 6.18. The van der Waals surface area contributed by atoms with E-state index in [1.54, 1.807) is 66.7 Å². The van der Waals surface area contributed by atoms with Gasteiger partial charge in [0.15, 0.2) is 5.76 Å². The fourth-order valence-electron chi connectivity index (χ4n) is 4.25. The van der Waals surface area contributed by atoms with E-state index in [0.29, 0.717) is 16.8 Å². The van der Waals surface area contributed by atoms with Crippen LogP contribution in [0.4, 0.5) is 10.1 Å². The molecule has 5 nitrogen and oxygen atoms in total. The van der Waals surface area contributed by atoms with Crippen LogP contribution in [-0.4, -0.2) is 11.0 Å². The van der Waals surface area contributed by atoms with E-state index in [1.807, 2.05) is 12.1 Å². The first-order valence-corrected chi connectivity index (χ1v) is 12.0. The van der Waals surface area contributed by atoms with E-state index in [2.05, 4.69) is 12.2 Å². The molecule has 2 N–H and O–H groups in total. The van der Waals surface area contributed by atoms with Gasteiger partial charge in [-0.15, -0.1) is 0 Å². The molecular weight excluding hydrogens is 469 g/mol. The molecule has 0 saturated carbocycles. The summed E-state index contributed by atoms with van der Waals surface area (Å²) in [6.07, 6.45) is 1.99. The Morgan fingerprint density at radius 1 is 0.892 bits per heavy atom. The lowest BCUT2D eigenvalue weighted by molar-refractivity contribution is 0.102. The summed E-state index contributed by atoms with van der Waals surface area (Å²) >= 11 is 0. The van der Waals surface area contributed by atoms with Crippen molar-refractivity contribution in [3.8, 4) is 28.2 Å². The number of anilines is 1. The molecule has 0 unspecified atom stereocenters. The largest absolute Gasteiger partial charge is 0.502 e. The van der Waals surface area contributed by atoms with Crippen molar-refractivity contribution in [2.75, 3.05) is 5.32 Å². The Morgan fingerprint density at radius 2 is 1.62 bits per heavy atom. The van der Waals surface area contributed by atoms with Crippen molar-refractivity contribution >= 4 is 22.6 Å². The first kappa shape index (κ1) is 24.0. The van der Waals surface area contributed by atoms with Crippen molar-refractivity contribution < 1.29 is 18.7 Å². The number of hydrogen-bond donors (Lipinski definition) is 2. The summed E-state index contributed by atoms with van der Waals surface area (Å²) in [6.45, 7) is 2.10. The van der Waals surface area contributed by atoms with Crippen LogP contribution in [0.5, 0.6) is 5.75 Å². The summed E-state index contributed by atoms with van der Waals surface area (Å²) in [7, 11) is 0. The topological polar surface area (TPSA) is 79.5 Å². The highest BCUT2D eigenvalue weighted by Gasteiger charge is 2.17. The molecule has 5 rings (SSSR count). The molecule has 0 atom stereocenters. The molecule has 0 fully saturated rings. The van der Waals surface area contributed by atoms with Crippen molar-refractivity contribution in [3.05, 3.63) is 118 Å². The van der Waals surface area contributed by atoms with Gasteiger partial charge in [0, 0.05) is 16.8 Å². The van der Waals surface area contributed by atoms with Crippen molar-refractivity contribution in [1.29, 1.82) is 0 Å². The zero-order valence-corrected chi connectivity index (χ0v) is 20.1. The fraction of sp³-hybridized carbons (Fsp3) is 0.0968. The van der Waals surface area contributed by atoms with Crippen LogP contribution in [-0.2, 0) is 6.42 Å². The first-order chi connectivity index (χ1) is 17.9. The van der Waals surface area contributed by atoms with Gasteiger partial charge in [0.05, 0.1) is 5.39 Å². The van der Waals surface area contributed by atoms with Gasteiger partial charge >= 0.3 is 0 Å². The number of rotatable bonds is 6. The number of benzene rings is 4. The average Bonchev–Trinajstić information content (AvgIpc) is 2.91. The standard InChI is InChI=1S/C31H24FNO4/c1-2-4-19-7-9-21(10-8-19)31(36)33-25-6-3-5-23(17-25)30-29(35)28(34)26-16-13-22(18-27(26)37-30)20-11-14-24(32)15-12-20/h3,5-18,35H,2,4H2,1H3,(H,33,36). The molecule has 0 spiro atoms. The Labute approximate surface area is 212 Å². The summed E-state index contributed by atoms with van der Waals surface area (Å²) < 4.78 is 19.3. The van der Waals surface area contributed by atoms with Crippen molar-refractivity contribution in [2.24, 2.45) is 0 Å². The minimum Gasteiger partial charge on any atom is -0.502 e. The summed E-state index contributed by atoms with van der Waals surface area (Å²) in [5.74, 6) is -1.14. The number of hydrogen-bond acceptors (Lipinski definition) is 4. The van der Waals surface area contributed by atoms with Gasteiger partial charge in [0.25, 0.3) is 5.91 Å². The van der Waals surface area contributed by atoms with Crippen molar-refractivity contribution in [3.63, 3.8) is 0 Å². The number of fused-ring (bicyclic) bond motifs is 1. The minimum absolute atomic E-state index is 0.00577. The van der Waals surface area contributed by atoms with Crippen molar-refractivity contribution in [2.45, 2.75) is 19.8 Å². The number of aryl methyl sites for hydroxylation is 1. The highest BCUT2D eigenvalue weighted by Crippen LogP contribution is 2.33. The van der Waals surface area contributed by atoms with Gasteiger partial charge in [-0.05, 0) is 71.6 Å². The zero-order valence-electron chi connectivity index (χ0n) is 20.1. The average molecular weight is 494 g/mol. The van der Waals surface area contributed by atoms with E-state index in [9.17, 15) is 19.1 Å². The lowest BCUT2D eigenvalue weighted by atomic mass is 10.0. The van der Waals surface area contributed by atoms with Crippen molar-refractivity contribution in [1.82, 2.24) is 0 Å². The van der Waals surface area contributed by atoms with Crippen LogP contribution in [0.2, 0.25) is 0 Å². The molecule has 184 valence electrons.